The Balaban J connectivity index is 1.67. The number of nitrogens with one attached hydrogen (secondary N) is 1. The number of nitrogens with zero attached hydrogens (tertiary/aromatic N) is 4. The predicted molar refractivity (Wildman–Crippen MR) is 79.5 cm³/mol. The van der Waals surface area contributed by atoms with E-state index in [1.807, 2.05) is 13.8 Å². The molecule has 2 aromatic heterocycles. The average Bonchev–Trinajstić information content (AvgIpc) is 3.15. The number of likely N-dealkylation sites (tertiary alicyclic amines) is 1. The third-order valence-electron chi connectivity index (χ3n) is 3.23. The Morgan fingerprint density at radius 2 is 1.96 bits per heavy atom. The highest BCUT2D eigenvalue weighted by atomic mass is 32.1. The van der Waals surface area contributed by atoms with Gasteiger partial charge >= 0.3 is 6.01 Å². The van der Waals surface area contributed by atoms with Gasteiger partial charge in [0.05, 0.1) is 10.7 Å². The van der Waals surface area contributed by atoms with E-state index in [0.717, 1.165) is 20.5 Å². The zero-order valence-corrected chi connectivity index (χ0v) is 13.3. The molecular formula is C13H13N5O4S. The quantitative estimate of drug-likeness (QED) is 0.824. The highest BCUT2D eigenvalue weighted by molar-refractivity contribution is 7.15. The molecule has 120 valence electrons. The van der Waals surface area contributed by atoms with Crippen molar-refractivity contribution in [2.24, 2.45) is 0 Å². The van der Waals surface area contributed by atoms with E-state index in [4.69, 9.17) is 4.42 Å². The molecule has 0 spiro atoms. The summed E-state index contributed by atoms with van der Waals surface area (Å²) in [4.78, 5) is 40.7. The Morgan fingerprint density at radius 3 is 2.57 bits per heavy atom. The fourth-order valence-corrected chi connectivity index (χ4v) is 3.04. The van der Waals surface area contributed by atoms with Crippen LogP contribution in [0, 0.1) is 13.8 Å². The van der Waals surface area contributed by atoms with E-state index < -0.39 is 5.91 Å². The van der Waals surface area contributed by atoms with Gasteiger partial charge in [-0.05, 0) is 13.8 Å². The van der Waals surface area contributed by atoms with Crippen LogP contribution in [-0.2, 0) is 14.4 Å². The smallest absolute Gasteiger partial charge is 0.322 e. The van der Waals surface area contributed by atoms with E-state index in [-0.39, 0.29) is 43.1 Å². The molecule has 0 bridgehead atoms. The standard InChI is InChI=1S/C13H13N5O4S/c1-6-11(23-7(2)14-6)12-16-17-13(22-12)15-8(19)5-18-9(20)3-4-10(18)21/h3-5H2,1-2H3,(H,15,17,19). The number of carbonyl (C=O) groups is 3. The van der Waals surface area contributed by atoms with Crippen molar-refractivity contribution in [1.29, 1.82) is 0 Å². The van der Waals surface area contributed by atoms with Crippen molar-refractivity contribution in [2.45, 2.75) is 26.7 Å². The molecule has 23 heavy (non-hydrogen) atoms. The highest BCUT2D eigenvalue weighted by Crippen LogP contribution is 2.29. The molecule has 0 saturated carbocycles. The molecule has 1 N–H and O–H groups in total. The van der Waals surface area contributed by atoms with Crippen LogP contribution in [0.5, 0.6) is 0 Å². The fraction of sp³-hybridized carbons (Fsp3) is 0.385. The Bertz CT molecular complexity index is 780. The van der Waals surface area contributed by atoms with Gasteiger partial charge < -0.3 is 4.42 Å². The fourth-order valence-electron chi connectivity index (χ4n) is 2.20. The van der Waals surface area contributed by atoms with Gasteiger partial charge in [0.15, 0.2) is 0 Å². The summed E-state index contributed by atoms with van der Waals surface area (Å²) in [5.74, 6) is -1.02. The molecule has 0 aromatic carbocycles. The topological polar surface area (TPSA) is 118 Å². The van der Waals surface area contributed by atoms with E-state index in [1.54, 1.807) is 0 Å². The van der Waals surface area contributed by atoms with Gasteiger partial charge in [-0.1, -0.05) is 5.10 Å². The largest absolute Gasteiger partial charge is 0.402 e. The maximum Gasteiger partial charge on any atom is 0.322 e. The van der Waals surface area contributed by atoms with Gasteiger partial charge in [-0.2, -0.15) is 0 Å². The molecule has 9 nitrogen and oxygen atoms in total. The summed E-state index contributed by atoms with van der Waals surface area (Å²) in [5.41, 5.74) is 0.766. The number of rotatable bonds is 4. The molecule has 1 saturated heterocycles. The first-order valence-corrected chi connectivity index (χ1v) is 7.66. The zero-order chi connectivity index (χ0) is 16.6. The molecule has 0 radical (unpaired) electrons. The van der Waals surface area contributed by atoms with Gasteiger partial charge in [-0.3, -0.25) is 24.6 Å². The summed E-state index contributed by atoms with van der Waals surface area (Å²) in [7, 11) is 0. The summed E-state index contributed by atoms with van der Waals surface area (Å²) < 4.78 is 5.38. The van der Waals surface area contributed by atoms with Crippen LogP contribution >= 0.6 is 11.3 Å². The van der Waals surface area contributed by atoms with Crippen LogP contribution in [0.1, 0.15) is 23.5 Å². The summed E-state index contributed by atoms with van der Waals surface area (Å²) in [6.45, 7) is 3.34. The lowest BCUT2D eigenvalue weighted by Gasteiger charge is -2.11. The van der Waals surface area contributed by atoms with Gasteiger partial charge in [-0.15, -0.1) is 16.4 Å². The summed E-state index contributed by atoms with van der Waals surface area (Å²) in [6, 6.07) is -0.0884. The lowest BCUT2D eigenvalue weighted by molar-refractivity contribution is -0.141. The van der Waals surface area contributed by atoms with Crippen LogP contribution < -0.4 is 5.32 Å². The van der Waals surface area contributed by atoms with E-state index in [0.29, 0.717) is 0 Å². The van der Waals surface area contributed by atoms with Crippen molar-refractivity contribution < 1.29 is 18.8 Å². The van der Waals surface area contributed by atoms with Crippen LogP contribution in [0.4, 0.5) is 6.01 Å². The Morgan fingerprint density at radius 1 is 1.26 bits per heavy atom. The first-order valence-electron chi connectivity index (χ1n) is 6.85. The van der Waals surface area contributed by atoms with Gasteiger partial charge in [0, 0.05) is 12.8 Å². The molecule has 3 heterocycles. The minimum Gasteiger partial charge on any atom is -0.402 e. The molecule has 0 unspecified atom stereocenters. The first-order chi connectivity index (χ1) is 10.9. The third kappa shape index (κ3) is 3.11. The van der Waals surface area contributed by atoms with Crippen molar-refractivity contribution in [2.75, 3.05) is 11.9 Å². The molecule has 3 amide bonds. The van der Waals surface area contributed by atoms with Crippen molar-refractivity contribution in [1.82, 2.24) is 20.1 Å². The second kappa shape index (κ2) is 5.88. The molecule has 1 aliphatic heterocycles. The SMILES string of the molecule is Cc1nc(C)c(-c2nnc(NC(=O)CN3C(=O)CCC3=O)o2)s1. The average molecular weight is 335 g/mol. The summed E-state index contributed by atoms with van der Waals surface area (Å²) in [6.07, 6.45) is 0.279. The summed E-state index contributed by atoms with van der Waals surface area (Å²) in [5, 5.41) is 10.9. The number of aromatic nitrogens is 3. The van der Waals surface area contributed by atoms with Crippen LogP contribution in [0.2, 0.25) is 0 Å². The highest BCUT2D eigenvalue weighted by Gasteiger charge is 2.30. The van der Waals surface area contributed by atoms with E-state index in [9.17, 15) is 14.4 Å². The number of hydrogen-bond acceptors (Lipinski definition) is 8. The normalized spacial score (nSPS) is 14.6. The monoisotopic (exact) mass is 335 g/mol. The second-order valence-electron chi connectivity index (χ2n) is 4.98. The molecule has 0 atom stereocenters. The number of hydrogen-bond donors (Lipinski definition) is 1. The van der Waals surface area contributed by atoms with Crippen LogP contribution in [-0.4, -0.2) is 44.3 Å². The number of anilines is 1. The van der Waals surface area contributed by atoms with Crippen molar-refractivity contribution in [3.8, 4) is 10.8 Å². The Hall–Kier alpha value is -2.62. The minimum absolute atomic E-state index is 0.0884. The lowest BCUT2D eigenvalue weighted by Crippen LogP contribution is -2.36. The Labute approximate surface area is 134 Å². The zero-order valence-electron chi connectivity index (χ0n) is 12.5. The maximum absolute atomic E-state index is 11.9. The van der Waals surface area contributed by atoms with Gasteiger partial charge in [0.25, 0.3) is 5.89 Å². The number of carbonyl (C=O) groups excluding carboxylic acids is 3. The van der Waals surface area contributed by atoms with Gasteiger partial charge in [0.2, 0.25) is 17.7 Å². The van der Waals surface area contributed by atoms with E-state index in [1.165, 1.54) is 11.3 Å². The molecular weight excluding hydrogens is 322 g/mol. The molecule has 0 aliphatic carbocycles. The summed E-state index contributed by atoms with van der Waals surface area (Å²) >= 11 is 1.41. The van der Waals surface area contributed by atoms with E-state index in [2.05, 4.69) is 20.5 Å². The van der Waals surface area contributed by atoms with Crippen LogP contribution in [0.15, 0.2) is 4.42 Å². The number of amides is 3. The molecule has 1 fully saturated rings. The number of thiazole rings is 1. The maximum atomic E-state index is 11.9. The van der Waals surface area contributed by atoms with Gasteiger partial charge in [-0.25, -0.2) is 4.98 Å². The first kappa shape index (κ1) is 15.3. The minimum atomic E-state index is -0.569. The van der Waals surface area contributed by atoms with E-state index >= 15 is 0 Å². The predicted octanol–water partition coefficient (Wildman–Crippen LogP) is 0.897. The molecule has 2 aromatic rings. The van der Waals surface area contributed by atoms with Crippen molar-refractivity contribution in [3.63, 3.8) is 0 Å². The third-order valence-corrected chi connectivity index (χ3v) is 4.29. The molecule has 10 heteroatoms. The molecule has 1 aliphatic rings. The lowest BCUT2D eigenvalue weighted by atomic mass is 10.4. The Kier molecular flexibility index (Phi) is 3.90. The van der Waals surface area contributed by atoms with Crippen LogP contribution in [0.25, 0.3) is 10.8 Å². The van der Waals surface area contributed by atoms with Crippen molar-refractivity contribution >= 4 is 35.1 Å². The van der Waals surface area contributed by atoms with Crippen LogP contribution in [0.3, 0.4) is 0 Å². The molecule has 3 rings (SSSR count). The number of aryl methyl sites for hydroxylation is 2. The van der Waals surface area contributed by atoms with Gasteiger partial charge in [0.1, 0.15) is 11.4 Å². The number of imide groups is 1. The second-order valence-corrected chi connectivity index (χ2v) is 6.18. The van der Waals surface area contributed by atoms with Crippen molar-refractivity contribution in [3.05, 3.63) is 10.7 Å².